The third-order valence-electron chi connectivity index (χ3n) is 2.36. The minimum atomic E-state index is -6.05. The van der Waals surface area contributed by atoms with Crippen LogP contribution in [0.3, 0.4) is 0 Å². The highest BCUT2D eigenvalue weighted by molar-refractivity contribution is 5.99. The molecular formula is C8H5F7O. The lowest BCUT2D eigenvalue weighted by atomic mass is 9.95. The Labute approximate surface area is 84.9 Å². The molecule has 92 valence electrons. The van der Waals surface area contributed by atoms with Crippen molar-refractivity contribution in [1.29, 1.82) is 0 Å². The van der Waals surface area contributed by atoms with Crippen molar-refractivity contribution in [2.75, 3.05) is 0 Å². The van der Waals surface area contributed by atoms with E-state index in [2.05, 4.69) is 6.58 Å². The van der Waals surface area contributed by atoms with Gasteiger partial charge in [0.05, 0.1) is 0 Å². The van der Waals surface area contributed by atoms with Crippen LogP contribution in [0, 0.1) is 0 Å². The van der Waals surface area contributed by atoms with Gasteiger partial charge in [0.2, 0.25) is 5.67 Å². The maximum Gasteiger partial charge on any atom is 0.383 e. The summed E-state index contributed by atoms with van der Waals surface area (Å²) in [7, 11) is 0. The van der Waals surface area contributed by atoms with Gasteiger partial charge in [-0.2, -0.15) is 26.3 Å². The Morgan fingerprint density at radius 2 is 1.44 bits per heavy atom. The van der Waals surface area contributed by atoms with Crippen LogP contribution in [0.1, 0.15) is 6.42 Å². The van der Waals surface area contributed by atoms with E-state index in [-0.39, 0.29) is 0 Å². The molecule has 0 N–H and O–H groups in total. The fourth-order valence-corrected chi connectivity index (χ4v) is 1.40. The molecule has 0 aromatic rings. The zero-order chi connectivity index (χ0) is 13.0. The van der Waals surface area contributed by atoms with E-state index in [0.29, 0.717) is 6.08 Å². The van der Waals surface area contributed by atoms with Crippen molar-refractivity contribution in [3.05, 3.63) is 12.7 Å². The lowest BCUT2D eigenvalue weighted by Gasteiger charge is -2.26. The van der Waals surface area contributed by atoms with E-state index in [0.717, 1.165) is 0 Å². The number of Topliss-reactive ketones (excluding diaryl/α,β-unsaturated/α-hetero) is 1. The molecule has 1 unspecified atom stereocenters. The van der Waals surface area contributed by atoms with E-state index >= 15 is 0 Å². The normalized spacial score (nSPS) is 35.1. The lowest BCUT2D eigenvalue weighted by molar-refractivity contribution is -0.286. The molecule has 0 aromatic carbocycles. The quantitative estimate of drug-likeness (QED) is 0.544. The molecule has 0 spiro atoms. The number of hydrogen-bond donors (Lipinski definition) is 0. The zero-order valence-electron chi connectivity index (χ0n) is 7.55. The van der Waals surface area contributed by atoms with Crippen LogP contribution in [0.15, 0.2) is 12.7 Å². The molecule has 0 bridgehead atoms. The van der Waals surface area contributed by atoms with Gasteiger partial charge in [0.15, 0.2) is 0 Å². The van der Waals surface area contributed by atoms with E-state index in [4.69, 9.17) is 0 Å². The van der Waals surface area contributed by atoms with Crippen LogP contribution in [-0.2, 0) is 4.79 Å². The SMILES string of the molecule is C=CCC1(F)C(=O)C(F)(F)C(F)(F)C1(F)F. The van der Waals surface area contributed by atoms with Crippen LogP contribution in [0.2, 0.25) is 0 Å². The van der Waals surface area contributed by atoms with Crippen molar-refractivity contribution in [2.24, 2.45) is 0 Å². The second-order valence-corrected chi connectivity index (χ2v) is 3.35. The molecule has 1 rings (SSSR count). The molecule has 0 saturated heterocycles. The maximum absolute atomic E-state index is 13.3. The number of alkyl halides is 7. The summed E-state index contributed by atoms with van der Waals surface area (Å²) in [5.74, 6) is -20.7. The Balaban J connectivity index is 3.47. The summed E-state index contributed by atoms with van der Waals surface area (Å²) < 4.78 is 89.3. The van der Waals surface area contributed by atoms with Crippen molar-refractivity contribution >= 4 is 5.78 Å². The molecule has 1 nitrogen and oxygen atoms in total. The summed E-state index contributed by atoms with van der Waals surface area (Å²) in [5, 5.41) is 0. The molecule has 0 amide bonds. The molecule has 0 radical (unpaired) electrons. The summed E-state index contributed by atoms with van der Waals surface area (Å²) in [5.41, 5.74) is -4.62. The van der Waals surface area contributed by atoms with Crippen molar-refractivity contribution in [3.8, 4) is 0 Å². The Morgan fingerprint density at radius 3 is 1.69 bits per heavy atom. The number of halogens is 7. The molecule has 1 fully saturated rings. The highest BCUT2D eigenvalue weighted by Gasteiger charge is 2.92. The maximum atomic E-state index is 13.3. The largest absolute Gasteiger partial charge is 0.383 e. The van der Waals surface area contributed by atoms with Crippen LogP contribution in [0.25, 0.3) is 0 Å². The van der Waals surface area contributed by atoms with Crippen LogP contribution in [0.5, 0.6) is 0 Å². The summed E-state index contributed by atoms with van der Waals surface area (Å²) in [4.78, 5) is 10.6. The monoisotopic (exact) mass is 250 g/mol. The third-order valence-corrected chi connectivity index (χ3v) is 2.36. The predicted molar refractivity (Wildman–Crippen MR) is 38.5 cm³/mol. The minimum absolute atomic E-state index is 0.364. The highest BCUT2D eigenvalue weighted by atomic mass is 19.3. The van der Waals surface area contributed by atoms with E-state index in [1.807, 2.05) is 0 Å². The average molecular weight is 250 g/mol. The van der Waals surface area contributed by atoms with Crippen molar-refractivity contribution in [2.45, 2.75) is 29.9 Å². The van der Waals surface area contributed by atoms with Gasteiger partial charge in [0.1, 0.15) is 0 Å². The second kappa shape index (κ2) is 2.98. The smallest absolute Gasteiger partial charge is 0.289 e. The average Bonchev–Trinajstić information content (AvgIpc) is 2.20. The summed E-state index contributed by atoms with van der Waals surface area (Å²) in [6.07, 6.45) is -1.24. The van der Waals surface area contributed by atoms with Gasteiger partial charge in [-0.05, 0) is 0 Å². The van der Waals surface area contributed by atoms with Gasteiger partial charge in [-0.15, -0.1) is 6.58 Å². The topological polar surface area (TPSA) is 17.1 Å². The fraction of sp³-hybridized carbons (Fsp3) is 0.625. The number of rotatable bonds is 2. The van der Waals surface area contributed by atoms with Crippen molar-refractivity contribution in [3.63, 3.8) is 0 Å². The van der Waals surface area contributed by atoms with Crippen LogP contribution in [0.4, 0.5) is 30.7 Å². The zero-order valence-corrected chi connectivity index (χ0v) is 7.55. The summed E-state index contributed by atoms with van der Waals surface area (Å²) in [6, 6.07) is 0. The van der Waals surface area contributed by atoms with E-state index < -0.39 is 35.6 Å². The minimum Gasteiger partial charge on any atom is -0.289 e. The van der Waals surface area contributed by atoms with Crippen molar-refractivity contribution in [1.82, 2.24) is 0 Å². The van der Waals surface area contributed by atoms with Crippen molar-refractivity contribution < 1.29 is 35.5 Å². The number of allylic oxidation sites excluding steroid dienone is 1. The summed E-state index contributed by atoms with van der Waals surface area (Å²) >= 11 is 0. The standard InChI is InChI=1S/C8H5F7O/c1-2-3-5(9)4(16)6(10,11)8(14,15)7(5,12)13/h2H,1,3H2. The molecule has 1 aliphatic rings. The first-order chi connectivity index (χ1) is 6.97. The molecule has 16 heavy (non-hydrogen) atoms. The first kappa shape index (κ1) is 13.0. The second-order valence-electron chi connectivity index (χ2n) is 3.35. The van der Waals surface area contributed by atoms with Gasteiger partial charge in [-0.1, -0.05) is 6.08 Å². The van der Waals surface area contributed by atoms with E-state index in [9.17, 15) is 35.5 Å². The Hall–Kier alpha value is -1.08. The van der Waals surface area contributed by atoms with Crippen LogP contribution in [-0.4, -0.2) is 29.2 Å². The predicted octanol–water partition coefficient (Wildman–Crippen LogP) is 2.76. The summed E-state index contributed by atoms with van der Waals surface area (Å²) in [6.45, 7) is 2.75. The van der Waals surface area contributed by atoms with Gasteiger partial charge in [0.25, 0.3) is 5.78 Å². The Bertz CT molecular complexity index is 348. The molecule has 0 aromatic heterocycles. The van der Waals surface area contributed by atoms with Gasteiger partial charge in [0, 0.05) is 6.42 Å². The number of carbonyl (C=O) groups excluding carboxylic acids is 1. The molecule has 1 aliphatic carbocycles. The Kier molecular flexibility index (Phi) is 2.42. The molecule has 1 saturated carbocycles. The first-order valence-corrected chi connectivity index (χ1v) is 3.95. The van der Waals surface area contributed by atoms with Crippen LogP contribution >= 0.6 is 0 Å². The van der Waals surface area contributed by atoms with Gasteiger partial charge in [-0.25, -0.2) is 4.39 Å². The molecule has 0 heterocycles. The fourth-order valence-electron chi connectivity index (χ4n) is 1.40. The van der Waals surface area contributed by atoms with E-state index in [1.165, 1.54) is 0 Å². The van der Waals surface area contributed by atoms with E-state index in [1.54, 1.807) is 0 Å². The highest BCUT2D eigenvalue weighted by Crippen LogP contribution is 2.61. The molecule has 8 heteroatoms. The van der Waals surface area contributed by atoms with Crippen LogP contribution < -0.4 is 0 Å². The molecule has 0 aliphatic heterocycles. The Morgan fingerprint density at radius 1 is 1.00 bits per heavy atom. The molecular weight excluding hydrogens is 245 g/mol. The number of hydrogen-bond acceptors (Lipinski definition) is 1. The number of carbonyl (C=O) groups is 1. The van der Waals surface area contributed by atoms with Gasteiger partial charge >= 0.3 is 17.8 Å². The molecule has 1 atom stereocenters. The number of ketones is 1. The first-order valence-electron chi connectivity index (χ1n) is 3.95. The van der Waals surface area contributed by atoms with Gasteiger partial charge < -0.3 is 0 Å². The van der Waals surface area contributed by atoms with Gasteiger partial charge in [-0.3, -0.25) is 4.79 Å². The third kappa shape index (κ3) is 1.04. The lowest BCUT2D eigenvalue weighted by Crippen LogP contribution is -2.52.